The number of benzene rings is 1. The third-order valence-corrected chi connectivity index (χ3v) is 4.53. The Morgan fingerprint density at radius 2 is 1.81 bits per heavy atom. The van der Waals surface area contributed by atoms with E-state index in [1.165, 1.54) is 17.4 Å². The van der Waals surface area contributed by atoms with E-state index in [-0.39, 0.29) is 24.5 Å². The highest BCUT2D eigenvalue weighted by molar-refractivity contribution is 7.14. The van der Waals surface area contributed by atoms with Crippen LogP contribution >= 0.6 is 11.3 Å². The number of nitrogens with one attached hydrogen (secondary N) is 1. The third-order valence-electron chi connectivity index (χ3n) is 3.49. The molecule has 0 atom stereocenters. The van der Waals surface area contributed by atoms with Gasteiger partial charge in [-0.2, -0.15) is 0 Å². The topological polar surface area (TPSA) is 72.5 Å². The first-order valence-electron chi connectivity index (χ1n) is 8.32. The van der Waals surface area contributed by atoms with Crippen molar-refractivity contribution in [2.24, 2.45) is 0 Å². The molecule has 1 amide bonds. The maximum Gasteiger partial charge on any atom is 0.330 e. The molecule has 1 N–H and O–H groups in total. The van der Waals surface area contributed by atoms with Crippen LogP contribution in [-0.4, -0.2) is 24.3 Å². The Morgan fingerprint density at radius 3 is 2.42 bits per heavy atom. The summed E-state index contributed by atoms with van der Waals surface area (Å²) in [5, 5.41) is 2.76. The number of thiophene rings is 1. The maximum atomic E-state index is 12.0. The minimum absolute atomic E-state index is 0.0160. The van der Waals surface area contributed by atoms with Crippen molar-refractivity contribution in [2.75, 3.05) is 11.9 Å². The molecule has 0 radical (unpaired) electrons. The Kier molecular flexibility index (Phi) is 7.29. The molecule has 1 aromatic heterocycles. The van der Waals surface area contributed by atoms with Gasteiger partial charge in [-0.25, -0.2) is 4.79 Å². The van der Waals surface area contributed by atoms with Gasteiger partial charge in [0.1, 0.15) is 0 Å². The molecule has 0 aliphatic heterocycles. The van der Waals surface area contributed by atoms with E-state index in [9.17, 15) is 14.4 Å². The summed E-state index contributed by atoms with van der Waals surface area (Å²) in [6.45, 7) is 4.03. The lowest BCUT2D eigenvalue weighted by molar-refractivity contribution is -0.137. The molecule has 2 aromatic rings. The van der Waals surface area contributed by atoms with Crippen molar-refractivity contribution in [2.45, 2.75) is 26.7 Å². The number of hydrogen-bond donors (Lipinski definition) is 1. The molecule has 26 heavy (non-hydrogen) atoms. The number of carbonyl (C=O) groups is 3. The lowest BCUT2D eigenvalue weighted by Gasteiger charge is -2.05. The van der Waals surface area contributed by atoms with Crippen LogP contribution in [0.3, 0.4) is 0 Å². The van der Waals surface area contributed by atoms with Gasteiger partial charge in [-0.05, 0) is 49.8 Å². The van der Waals surface area contributed by atoms with Gasteiger partial charge in [0.15, 0.2) is 5.78 Å². The fraction of sp³-hybridized carbons (Fsp3) is 0.250. The molecular weight excluding hydrogens is 350 g/mol. The number of rotatable bonds is 8. The zero-order chi connectivity index (χ0) is 18.9. The van der Waals surface area contributed by atoms with Crippen LogP contribution in [0.5, 0.6) is 0 Å². The van der Waals surface area contributed by atoms with Gasteiger partial charge < -0.3 is 10.1 Å². The molecule has 0 aliphatic rings. The number of hydrogen-bond acceptors (Lipinski definition) is 5. The summed E-state index contributed by atoms with van der Waals surface area (Å²) in [5.41, 5.74) is 1.46. The van der Waals surface area contributed by atoms with Crippen molar-refractivity contribution in [3.63, 3.8) is 0 Å². The molecule has 6 heteroatoms. The van der Waals surface area contributed by atoms with Crippen LogP contribution in [0.1, 0.15) is 39.9 Å². The predicted octanol–water partition coefficient (Wildman–Crippen LogP) is 4.23. The van der Waals surface area contributed by atoms with Crippen LogP contribution in [0.2, 0.25) is 0 Å². The Bertz CT molecular complexity index is 805. The van der Waals surface area contributed by atoms with Crippen LogP contribution < -0.4 is 5.32 Å². The van der Waals surface area contributed by atoms with Gasteiger partial charge in [-0.15, -0.1) is 11.3 Å². The van der Waals surface area contributed by atoms with Crippen molar-refractivity contribution >= 4 is 40.8 Å². The quantitative estimate of drug-likeness (QED) is 0.428. The number of amides is 1. The Hall–Kier alpha value is -2.73. The van der Waals surface area contributed by atoms with Crippen molar-refractivity contribution < 1.29 is 19.1 Å². The van der Waals surface area contributed by atoms with Crippen molar-refractivity contribution in [1.82, 2.24) is 0 Å². The van der Waals surface area contributed by atoms with E-state index in [0.717, 1.165) is 10.4 Å². The summed E-state index contributed by atoms with van der Waals surface area (Å²) in [6, 6.07) is 10.7. The largest absolute Gasteiger partial charge is 0.463 e. The summed E-state index contributed by atoms with van der Waals surface area (Å²) < 4.78 is 4.81. The number of esters is 1. The highest BCUT2D eigenvalue weighted by atomic mass is 32.1. The van der Waals surface area contributed by atoms with Crippen molar-refractivity contribution in [3.8, 4) is 0 Å². The molecule has 136 valence electrons. The number of Topliss-reactive ketones (excluding diaryl/α,β-unsaturated/α-hetero) is 1. The number of anilines is 1. The highest BCUT2D eigenvalue weighted by Gasteiger charge is 2.11. The Balaban J connectivity index is 1.81. The first-order chi connectivity index (χ1) is 12.5. The molecule has 0 unspecified atom stereocenters. The van der Waals surface area contributed by atoms with Crippen molar-refractivity contribution in [3.05, 3.63) is 57.8 Å². The monoisotopic (exact) mass is 371 g/mol. The Labute approximate surface area is 156 Å². The van der Waals surface area contributed by atoms with Crippen LogP contribution in [0, 0.1) is 6.92 Å². The summed E-state index contributed by atoms with van der Waals surface area (Å²) in [4.78, 5) is 37.0. The number of ether oxygens (including phenoxy) is 1. The lowest BCUT2D eigenvalue weighted by Crippen LogP contribution is -2.13. The third kappa shape index (κ3) is 6.29. The van der Waals surface area contributed by atoms with E-state index < -0.39 is 5.97 Å². The van der Waals surface area contributed by atoms with Crippen LogP contribution in [-0.2, 0) is 14.3 Å². The minimum Gasteiger partial charge on any atom is -0.463 e. The summed E-state index contributed by atoms with van der Waals surface area (Å²) in [7, 11) is 0. The summed E-state index contributed by atoms with van der Waals surface area (Å²) in [5.74, 6) is -0.616. The molecule has 0 saturated carbocycles. The second kappa shape index (κ2) is 9.68. The molecule has 0 fully saturated rings. The SMILES string of the molecule is CCOC(=O)/C=C/c1ccc(NC(=O)CCC(=O)c2ccc(C)s2)cc1. The molecule has 0 bridgehead atoms. The van der Waals surface area contributed by atoms with Gasteiger partial charge in [-0.3, -0.25) is 9.59 Å². The molecule has 1 heterocycles. The number of ketones is 1. The minimum atomic E-state index is -0.393. The van der Waals surface area contributed by atoms with Gasteiger partial charge in [0.2, 0.25) is 5.91 Å². The summed E-state index contributed by atoms with van der Waals surface area (Å²) >= 11 is 1.44. The van der Waals surface area contributed by atoms with Crippen molar-refractivity contribution in [1.29, 1.82) is 0 Å². The average Bonchev–Trinajstić information content (AvgIpc) is 3.06. The zero-order valence-corrected chi connectivity index (χ0v) is 15.6. The van der Waals surface area contributed by atoms with E-state index in [2.05, 4.69) is 5.32 Å². The van der Waals surface area contributed by atoms with Crippen LogP contribution in [0.4, 0.5) is 5.69 Å². The number of carbonyl (C=O) groups excluding carboxylic acids is 3. The smallest absolute Gasteiger partial charge is 0.330 e. The fourth-order valence-corrected chi connectivity index (χ4v) is 3.03. The lowest BCUT2D eigenvalue weighted by atomic mass is 10.1. The molecule has 0 saturated heterocycles. The van der Waals surface area contributed by atoms with Gasteiger partial charge in [-0.1, -0.05) is 12.1 Å². The van der Waals surface area contributed by atoms with Gasteiger partial charge in [0.25, 0.3) is 0 Å². The molecule has 5 nitrogen and oxygen atoms in total. The van der Waals surface area contributed by atoms with Crippen LogP contribution in [0.15, 0.2) is 42.5 Å². The second-order valence-corrected chi connectivity index (χ2v) is 6.88. The Morgan fingerprint density at radius 1 is 1.08 bits per heavy atom. The molecule has 2 rings (SSSR count). The van der Waals surface area contributed by atoms with E-state index in [4.69, 9.17) is 4.74 Å². The molecule has 0 aliphatic carbocycles. The standard InChI is InChI=1S/C20H21NO4S/c1-3-25-20(24)13-7-15-5-8-16(9-6-15)21-19(23)12-10-17(22)18-11-4-14(2)26-18/h4-9,11,13H,3,10,12H2,1-2H3,(H,21,23)/b13-7+. The van der Waals surface area contributed by atoms with Gasteiger partial charge in [0, 0.05) is 29.5 Å². The molecular formula is C20H21NO4S. The highest BCUT2D eigenvalue weighted by Crippen LogP contribution is 2.18. The predicted molar refractivity (Wildman–Crippen MR) is 103 cm³/mol. The summed E-state index contributed by atoms with van der Waals surface area (Å²) in [6.07, 6.45) is 3.33. The normalized spacial score (nSPS) is 10.7. The van der Waals surface area contributed by atoms with E-state index in [0.29, 0.717) is 17.2 Å². The molecule has 0 spiro atoms. The van der Waals surface area contributed by atoms with Gasteiger partial charge >= 0.3 is 5.97 Å². The second-order valence-electron chi connectivity index (χ2n) is 5.59. The van der Waals surface area contributed by atoms with E-state index in [1.807, 2.05) is 13.0 Å². The molecule has 1 aromatic carbocycles. The first-order valence-corrected chi connectivity index (χ1v) is 9.14. The average molecular weight is 371 g/mol. The van der Waals surface area contributed by atoms with E-state index in [1.54, 1.807) is 43.3 Å². The van der Waals surface area contributed by atoms with Gasteiger partial charge in [0.05, 0.1) is 11.5 Å². The fourth-order valence-electron chi connectivity index (χ4n) is 2.19. The van der Waals surface area contributed by atoms with E-state index >= 15 is 0 Å². The van der Waals surface area contributed by atoms with Crippen LogP contribution in [0.25, 0.3) is 6.08 Å². The first kappa shape index (κ1) is 19.6. The zero-order valence-electron chi connectivity index (χ0n) is 14.8. The number of aryl methyl sites for hydroxylation is 1. The maximum absolute atomic E-state index is 12.0.